The highest BCUT2D eigenvalue weighted by Gasteiger charge is 2.23. The number of amides is 2. The summed E-state index contributed by atoms with van der Waals surface area (Å²) in [4.78, 5) is 24.5. The number of anilines is 1. The van der Waals surface area contributed by atoms with Crippen molar-refractivity contribution < 1.29 is 14.3 Å². The van der Waals surface area contributed by atoms with Crippen molar-refractivity contribution in [3.05, 3.63) is 28.8 Å². The molecule has 0 saturated carbocycles. The Kier molecular flexibility index (Phi) is 5.55. The highest BCUT2D eigenvalue weighted by Crippen LogP contribution is 2.27. The number of carbonyl (C=O) groups excluding carboxylic acids is 2. The van der Waals surface area contributed by atoms with E-state index in [2.05, 4.69) is 10.6 Å². The Morgan fingerprint density at radius 1 is 1.33 bits per heavy atom. The van der Waals surface area contributed by atoms with Crippen molar-refractivity contribution in [2.24, 2.45) is 0 Å². The Balaban J connectivity index is 2.01. The second-order valence-electron chi connectivity index (χ2n) is 4.78. The standard InChI is InChI=1S/C14H18ClN3O3/c1-21-5-4-16-7-10-2-3-12(11(15)6-10)18-8-13(19)17-14(20)9-18/h2-3,6,16H,4-5,7-9H2,1H3,(H,17,19,20). The van der Waals surface area contributed by atoms with Crippen LogP contribution in [0.15, 0.2) is 18.2 Å². The maximum absolute atomic E-state index is 11.4. The molecule has 1 heterocycles. The molecular weight excluding hydrogens is 294 g/mol. The molecule has 1 aliphatic heterocycles. The summed E-state index contributed by atoms with van der Waals surface area (Å²) in [7, 11) is 1.66. The molecule has 2 amide bonds. The smallest absolute Gasteiger partial charge is 0.246 e. The van der Waals surface area contributed by atoms with Crippen LogP contribution in [0.2, 0.25) is 5.02 Å². The number of halogens is 1. The lowest BCUT2D eigenvalue weighted by Gasteiger charge is -2.28. The molecule has 1 aromatic rings. The first-order valence-corrected chi connectivity index (χ1v) is 7.03. The molecule has 1 aromatic carbocycles. The van der Waals surface area contributed by atoms with Gasteiger partial charge in [0, 0.05) is 20.2 Å². The van der Waals surface area contributed by atoms with Crippen LogP contribution in [-0.2, 0) is 20.9 Å². The average Bonchev–Trinajstić information content (AvgIpc) is 2.42. The molecule has 0 atom stereocenters. The summed E-state index contributed by atoms with van der Waals surface area (Å²) in [5.74, 6) is -0.625. The summed E-state index contributed by atoms with van der Waals surface area (Å²) in [6, 6.07) is 5.60. The first-order chi connectivity index (χ1) is 10.1. The monoisotopic (exact) mass is 311 g/mol. The second-order valence-corrected chi connectivity index (χ2v) is 5.19. The van der Waals surface area contributed by atoms with Crippen LogP contribution in [0.3, 0.4) is 0 Å². The number of carbonyl (C=O) groups is 2. The summed E-state index contributed by atoms with van der Waals surface area (Å²) in [6.45, 7) is 2.37. The minimum Gasteiger partial charge on any atom is -0.383 e. The normalized spacial score (nSPS) is 15.2. The number of benzene rings is 1. The van der Waals surface area contributed by atoms with Gasteiger partial charge in [-0.2, -0.15) is 0 Å². The van der Waals surface area contributed by atoms with Crippen molar-refractivity contribution in [3.8, 4) is 0 Å². The van der Waals surface area contributed by atoms with Crippen LogP contribution in [0.5, 0.6) is 0 Å². The molecule has 0 aromatic heterocycles. The fourth-order valence-corrected chi connectivity index (χ4v) is 2.45. The number of nitrogens with one attached hydrogen (secondary N) is 2. The predicted molar refractivity (Wildman–Crippen MR) is 80.4 cm³/mol. The topological polar surface area (TPSA) is 70.7 Å². The van der Waals surface area contributed by atoms with E-state index >= 15 is 0 Å². The van der Waals surface area contributed by atoms with E-state index in [4.69, 9.17) is 16.3 Å². The zero-order chi connectivity index (χ0) is 15.2. The highest BCUT2D eigenvalue weighted by atomic mass is 35.5. The van der Waals surface area contributed by atoms with Gasteiger partial charge in [0.15, 0.2) is 0 Å². The number of rotatable bonds is 6. The highest BCUT2D eigenvalue weighted by molar-refractivity contribution is 6.33. The molecule has 7 heteroatoms. The van der Waals surface area contributed by atoms with Gasteiger partial charge in [-0.25, -0.2) is 0 Å². The second kappa shape index (κ2) is 7.40. The zero-order valence-electron chi connectivity index (χ0n) is 11.8. The van der Waals surface area contributed by atoms with Gasteiger partial charge in [-0.15, -0.1) is 0 Å². The van der Waals surface area contributed by atoms with Gasteiger partial charge >= 0.3 is 0 Å². The molecule has 0 radical (unpaired) electrons. The van der Waals surface area contributed by atoms with Crippen LogP contribution in [0.25, 0.3) is 0 Å². The van der Waals surface area contributed by atoms with Crippen molar-refractivity contribution >= 4 is 29.1 Å². The van der Waals surface area contributed by atoms with Crippen molar-refractivity contribution in [1.82, 2.24) is 10.6 Å². The lowest BCUT2D eigenvalue weighted by Crippen LogP contribution is -2.51. The van der Waals surface area contributed by atoms with Crippen molar-refractivity contribution in [1.29, 1.82) is 0 Å². The van der Waals surface area contributed by atoms with E-state index in [-0.39, 0.29) is 24.9 Å². The molecule has 21 heavy (non-hydrogen) atoms. The van der Waals surface area contributed by atoms with E-state index in [0.717, 1.165) is 12.1 Å². The fourth-order valence-electron chi connectivity index (χ4n) is 2.13. The van der Waals surface area contributed by atoms with Gasteiger partial charge in [0.2, 0.25) is 11.8 Å². The Labute approximate surface area is 128 Å². The Hall–Kier alpha value is -1.63. The number of imide groups is 1. The quantitative estimate of drug-likeness (QED) is 0.593. The fraction of sp³-hybridized carbons (Fsp3) is 0.429. The van der Waals surface area contributed by atoms with Gasteiger partial charge in [0.25, 0.3) is 0 Å². The van der Waals surface area contributed by atoms with Gasteiger partial charge in [-0.3, -0.25) is 14.9 Å². The molecular formula is C14H18ClN3O3. The predicted octanol–water partition coefficient (Wildman–Crippen LogP) is 0.539. The number of ether oxygens (including phenoxy) is 1. The number of methoxy groups -OCH3 is 1. The summed E-state index contributed by atoms with van der Waals surface area (Å²) in [5.41, 5.74) is 1.73. The van der Waals surface area contributed by atoms with Gasteiger partial charge in [0.1, 0.15) is 0 Å². The molecule has 114 valence electrons. The van der Waals surface area contributed by atoms with E-state index in [1.807, 2.05) is 18.2 Å². The number of hydrogen-bond donors (Lipinski definition) is 2. The van der Waals surface area contributed by atoms with E-state index in [9.17, 15) is 9.59 Å². The first kappa shape index (κ1) is 15.8. The number of hydrogen-bond acceptors (Lipinski definition) is 5. The molecule has 0 spiro atoms. The van der Waals surface area contributed by atoms with Crippen LogP contribution < -0.4 is 15.5 Å². The first-order valence-electron chi connectivity index (χ1n) is 6.66. The van der Waals surface area contributed by atoms with Crippen molar-refractivity contribution in [3.63, 3.8) is 0 Å². The Morgan fingerprint density at radius 2 is 2.05 bits per heavy atom. The van der Waals surface area contributed by atoms with Crippen LogP contribution in [0.4, 0.5) is 5.69 Å². The molecule has 1 aliphatic rings. The largest absolute Gasteiger partial charge is 0.383 e. The van der Waals surface area contributed by atoms with Crippen molar-refractivity contribution in [2.75, 3.05) is 38.3 Å². The molecule has 2 rings (SSSR count). The van der Waals surface area contributed by atoms with Gasteiger partial charge in [0.05, 0.1) is 30.4 Å². The van der Waals surface area contributed by atoms with Crippen molar-refractivity contribution in [2.45, 2.75) is 6.54 Å². The summed E-state index contributed by atoms with van der Waals surface area (Å²) in [5, 5.41) is 6.02. The maximum Gasteiger partial charge on any atom is 0.246 e. The lowest BCUT2D eigenvalue weighted by atomic mass is 10.1. The summed E-state index contributed by atoms with van der Waals surface area (Å²) < 4.78 is 4.96. The van der Waals surface area contributed by atoms with Gasteiger partial charge < -0.3 is 15.0 Å². The van der Waals surface area contributed by atoms with Crippen LogP contribution in [0.1, 0.15) is 5.56 Å². The van der Waals surface area contributed by atoms with E-state index in [0.29, 0.717) is 23.9 Å². The lowest BCUT2D eigenvalue weighted by molar-refractivity contribution is -0.130. The van der Waals surface area contributed by atoms with E-state index < -0.39 is 0 Å². The molecule has 0 unspecified atom stereocenters. The maximum atomic E-state index is 11.4. The van der Waals surface area contributed by atoms with Gasteiger partial charge in [-0.05, 0) is 17.7 Å². The van der Waals surface area contributed by atoms with Gasteiger partial charge in [-0.1, -0.05) is 17.7 Å². The van der Waals surface area contributed by atoms with Crippen LogP contribution in [0, 0.1) is 0 Å². The molecule has 2 N–H and O–H groups in total. The number of nitrogens with zero attached hydrogens (tertiary/aromatic N) is 1. The summed E-state index contributed by atoms with van der Waals surface area (Å²) in [6.07, 6.45) is 0. The molecule has 1 saturated heterocycles. The molecule has 0 aliphatic carbocycles. The average molecular weight is 312 g/mol. The van der Waals surface area contributed by atoms with Crippen LogP contribution in [-0.4, -0.2) is 45.2 Å². The SMILES string of the molecule is COCCNCc1ccc(N2CC(=O)NC(=O)C2)c(Cl)c1. The summed E-state index contributed by atoms with van der Waals surface area (Å²) >= 11 is 6.26. The minimum absolute atomic E-state index is 0.136. The van der Waals surface area contributed by atoms with E-state index in [1.54, 1.807) is 12.0 Å². The number of piperazine rings is 1. The Morgan fingerprint density at radius 3 is 2.67 bits per heavy atom. The third kappa shape index (κ3) is 4.42. The Bertz CT molecular complexity index is 520. The molecule has 6 nitrogen and oxygen atoms in total. The van der Waals surface area contributed by atoms with Crippen LogP contribution >= 0.6 is 11.6 Å². The zero-order valence-corrected chi connectivity index (χ0v) is 12.6. The third-order valence-electron chi connectivity index (χ3n) is 3.11. The minimum atomic E-state index is -0.312. The third-order valence-corrected chi connectivity index (χ3v) is 3.42. The molecule has 0 bridgehead atoms. The van der Waals surface area contributed by atoms with E-state index in [1.165, 1.54) is 0 Å². The molecule has 1 fully saturated rings.